The molecule has 1 atom stereocenters. The minimum absolute atomic E-state index is 0.0516. The Morgan fingerprint density at radius 3 is 2.78 bits per heavy atom. The second-order valence-electron chi connectivity index (χ2n) is 6.87. The SMILES string of the molecule is CNc1nc(C)cc(N2CCC(NC(=O)OC(C)(C)C)C2)c1N. The minimum atomic E-state index is -0.489. The van der Waals surface area contributed by atoms with E-state index in [9.17, 15) is 4.79 Å². The van der Waals surface area contributed by atoms with Gasteiger partial charge in [0.15, 0.2) is 5.82 Å². The van der Waals surface area contributed by atoms with Crippen LogP contribution in [0.2, 0.25) is 0 Å². The van der Waals surface area contributed by atoms with E-state index in [1.807, 2.05) is 33.8 Å². The Morgan fingerprint density at radius 2 is 2.17 bits per heavy atom. The molecule has 1 fully saturated rings. The van der Waals surface area contributed by atoms with Crippen molar-refractivity contribution in [2.24, 2.45) is 0 Å². The second-order valence-corrected chi connectivity index (χ2v) is 6.87. The summed E-state index contributed by atoms with van der Waals surface area (Å²) < 4.78 is 5.31. The van der Waals surface area contributed by atoms with Crippen LogP contribution in [0, 0.1) is 6.92 Å². The largest absolute Gasteiger partial charge is 0.444 e. The molecule has 0 aromatic carbocycles. The third kappa shape index (κ3) is 4.40. The molecule has 1 saturated heterocycles. The van der Waals surface area contributed by atoms with Crippen LogP contribution in [0.1, 0.15) is 32.9 Å². The molecule has 1 aromatic rings. The molecule has 1 amide bonds. The van der Waals surface area contributed by atoms with Crippen LogP contribution in [0.25, 0.3) is 0 Å². The number of anilines is 3. The number of carbonyl (C=O) groups excluding carboxylic acids is 1. The Morgan fingerprint density at radius 1 is 1.48 bits per heavy atom. The highest BCUT2D eigenvalue weighted by molar-refractivity contribution is 5.79. The fourth-order valence-electron chi connectivity index (χ4n) is 2.69. The maximum absolute atomic E-state index is 11.9. The normalized spacial score (nSPS) is 18.0. The molecule has 2 heterocycles. The van der Waals surface area contributed by atoms with Gasteiger partial charge in [-0.3, -0.25) is 0 Å². The highest BCUT2D eigenvalue weighted by Gasteiger charge is 2.27. The number of carbonyl (C=O) groups is 1. The predicted octanol–water partition coefficient (Wildman–Crippen LogP) is 2.12. The number of ether oxygens (including phenoxy) is 1. The molecule has 1 aliphatic heterocycles. The molecular formula is C16H27N5O2. The number of alkyl carbamates (subject to hydrolysis) is 1. The van der Waals surface area contributed by atoms with Crippen LogP contribution in [0.4, 0.5) is 22.0 Å². The van der Waals surface area contributed by atoms with E-state index in [0.29, 0.717) is 18.1 Å². The van der Waals surface area contributed by atoms with E-state index >= 15 is 0 Å². The van der Waals surface area contributed by atoms with E-state index in [2.05, 4.69) is 20.5 Å². The van der Waals surface area contributed by atoms with E-state index in [4.69, 9.17) is 10.5 Å². The number of amides is 1. The molecule has 4 N–H and O–H groups in total. The highest BCUT2D eigenvalue weighted by Crippen LogP contribution is 2.32. The third-order valence-corrected chi connectivity index (χ3v) is 3.65. The standard InChI is InChI=1S/C16H27N5O2/c1-10-8-12(13(17)14(18-5)19-10)21-7-6-11(9-21)20-15(22)23-16(2,3)4/h8,11H,6-7,9,17H2,1-5H3,(H,18,19)(H,20,22). The fraction of sp³-hybridized carbons (Fsp3) is 0.625. The molecule has 0 spiro atoms. The van der Waals surface area contributed by atoms with E-state index in [0.717, 1.165) is 24.3 Å². The summed E-state index contributed by atoms with van der Waals surface area (Å²) >= 11 is 0. The third-order valence-electron chi connectivity index (χ3n) is 3.65. The molecule has 1 unspecified atom stereocenters. The number of nitrogens with zero attached hydrogens (tertiary/aromatic N) is 2. The van der Waals surface area contributed by atoms with Crippen molar-refractivity contribution >= 4 is 23.3 Å². The molecule has 0 saturated carbocycles. The number of nitrogens with two attached hydrogens (primary N) is 1. The lowest BCUT2D eigenvalue weighted by Gasteiger charge is -2.24. The van der Waals surface area contributed by atoms with Crippen LogP contribution in [-0.2, 0) is 4.74 Å². The van der Waals surface area contributed by atoms with Gasteiger partial charge in [0.05, 0.1) is 17.4 Å². The van der Waals surface area contributed by atoms with Crippen LogP contribution < -0.4 is 21.3 Å². The van der Waals surface area contributed by atoms with Crippen molar-refractivity contribution in [3.05, 3.63) is 11.8 Å². The van der Waals surface area contributed by atoms with Gasteiger partial charge in [0.25, 0.3) is 0 Å². The van der Waals surface area contributed by atoms with Crippen molar-refractivity contribution in [3.63, 3.8) is 0 Å². The zero-order valence-electron chi connectivity index (χ0n) is 14.6. The molecule has 1 aliphatic rings. The Kier molecular flexibility index (Phi) is 4.87. The first-order valence-electron chi connectivity index (χ1n) is 7.89. The van der Waals surface area contributed by atoms with Gasteiger partial charge >= 0.3 is 6.09 Å². The average Bonchev–Trinajstić information content (AvgIpc) is 2.86. The molecular weight excluding hydrogens is 294 g/mol. The summed E-state index contributed by atoms with van der Waals surface area (Å²) in [6.45, 7) is 9.04. The number of nitrogens with one attached hydrogen (secondary N) is 2. The van der Waals surface area contributed by atoms with Gasteiger partial charge < -0.3 is 26.0 Å². The Balaban J connectivity index is 2.03. The number of nitrogen functional groups attached to an aromatic ring is 1. The van der Waals surface area contributed by atoms with Crippen LogP contribution in [0.3, 0.4) is 0 Å². The van der Waals surface area contributed by atoms with E-state index in [1.54, 1.807) is 7.05 Å². The lowest BCUT2D eigenvalue weighted by atomic mass is 10.2. The van der Waals surface area contributed by atoms with Gasteiger partial charge in [-0.1, -0.05) is 0 Å². The molecule has 0 bridgehead atoms. The van der Waals surface area contributed by atoms with Crippen molar-refractivity contribution in [3.8, 4) is 0 Å². The molecule has 23 heavy (non-hydrogen) atoms. The van der Waals surface area contributed by atoms with Gasteiger partial charge in [-0.15, -0.1) is 0 Å². The fourth-order valence-corrected chi connectivity index (χ4v) is 2.69. The van der Waals surface area contributed by atoms with Gasteiger partial charge in [-0.25, -0.2) is 9.78 Å². The number of aromatic nitrogens is 1. The highest BCUT2D eigenvalue weighted by atomic mass is 16.6. The lowest BCUT2D eigenvalue weighted by molar-refractivity contribution is 0.0509. The summed E-state index contributed by atoms with van der Waals surface area (Å²) in [7, 11) is 1.80. The van der Waals surface area contributed by atoms with Crippen molar-refractivity contribution in [1.29, 1.82) is 0 Å². The van der Waals surface area contributed by atoms with Crippen LogP contribution in [0.15, 0.2) is 6.07 Å². The smallest absolute Gasteiger partial charge is 0.407 e. The molecule has 0 aliphatic carbocycles. The van der Waals surface area contributed by atoms with Crippen molar-refractivity contribution in [2.75, 3.05) is 36.1 Å². The number of pyridine rings is 1. The number of hydrogen-bond donors (Lipinski definition) is 3. The first-order chi connectivity index (χ1) is 10.7. The molecule has 128 valence electrons. The molecule has 2 rings (SSSR count). The van der Waals surface area contributed by atoms with Gasteiger partial charge in [0.1, 0.15) is 5.60 Å². The van der Waals surface area contributed by atoms with Gasteiger partial charge in [0.2, 0.25) is 0 Å². The summed E-state index contributed by atoms with van der Waals surface area (Å²) in [6.07, 6.45) is 0.480. The molecule has 0 radical (unpaired) electrons. The average molecular weight is 321 g/mol. The van der Waals surface area contributed by atoms with Crippen LogP contribution >= 0.6 is 0 Å². The van der Waals surface area contributed by atoms with E-state index in [1.165, 1.54) is 0 Å². The van der Waals surface area contributed by atoms with Crippen LogP contribution in [-0.4, -0.2) is 42.9 Å². The van der Waals surface area contributed by atoms with Gasteiger partial charge in [-0.05, 0) is 40.2 Å². The molecule has 7 heteroatoms. The summed E-state index contributed by atoms with van der Waals surface area (Å²) in [4.78, 5) is 18.4. The second kappa shape index (κ2) is 6.52. The number of hydrogen-bond acceptors (Lipinski definition) is 6. The summed E-state index contributed by atoms with van der Waals surface area (Å²) in [6, 6.07) is 2.03. The first kappa shape index (κ1) is 17.2. The van der Waals surface area contributed by atoms with Crippen molar-refractivity contribution < 1.29 is 9.53 Å². The van der Waals surface area contributed by atoms with Crippen LogP contribution in [0.5, 0.6) is 0 Å². The van der Waals surface area contributed by atoms with Gasteiger partial charge in [-0.2, -0.15) is 0 Å². The lowest BCUT2D eigenvalue weighted by Crippen LogP contribution is -2.40. The first-order valence-corrected chi connectivity index (χ1v) is 7.89. The minimum Gasteiger partial charge on any atom is -0.444 e. The number of rotatable bonds is 3. The summed E-state index contributed by atoms with van der Waals surface area (Å²) in [5.41, 5.74) is 8.20. The Labute approximate surface area is 137 Å². The topological polar surface area (TPSA) is 92.5 Å². The maximum Gasteiger partial charge on any atom is 0.407 e. The molecule has 1 aromatic heterocycles. The zero-order valence-corrected chi connectivity index (χ0v) is 14.6. The molecule has 7 nitrogen and oxygen atoms in total. The summed E-state index contributed by atoms with van der Waals surface area (Å²) in [5, 5.41) is 5.94. The van der Waals surface area contributed by atoms with E-state index in [-0.39, 0.29) is 12.1 Å². The van der Waals surface area contributed by atoms with Crippen molar-refractivity contribution in [2.45, 2.75) is 45.8 Å². The van der Waals surface area contributed by atoms with Crippen molar-refractivity contribution in [1.82, 2.24) is 10.3 Å². The van der Waals surface area contributed by atoms with E-state index < -0.39 is 5.60 Å². The Hall–Kier alpha value is -2.18. The number of aryl methyl sites for hydroxylation is 1. The summed E-state index contributed by atoms with van der Waals surface area (Å²) in [5.74, 6) is 0.684. The Bertz CT molecular complexity index is 583. The zero-order chi connectivity index (χ0) is 17.2. The quantitative estimate of drug-likeness (QED) is 0.790. The predicted molar refractivity (Wildman–Crippen MR) is 92.9 cm³/mol. The van der Waals surface area contributed by atoms with Gasteiger partial charge in [0, 0.05) is 25.8 Å². The maximum atomic E-state index is 11.9. The monoisotopic (exact) mass is 321 g/mol.